The number of hydrogen-bond acceptors (Lipinski definition) is 5. The van der Waals surface area contributed by atoms with Crippen molar-refractivity contribution in [3.8, 4) is 0 Å². The normalized spacial score (nSPS) is 10.9. The van der Waals surface area contributed by atoms with Crippen LogP contribution in [0.15, 0.2) is 65.5 Å². The fourth-order valence-corrected chi connectivity index (χ4v) is 2.51. The average molecular weight is 363 g/mol. The first-order valence-electron chi connectivity index (χ1n) is 8.21. The van der Waals surface area contributed by atoms with Gasteiger partial charge in [0.2, 0.25) is 0 Å². The Kier molecular flexibility index (Phi) is 5.47. The molecule has 3 rings (SSSR count). The summed E-state index contributed by atoms with van der Waals surface area (Å²) in [5.74, 6) is -0.995. The van der Waals surface area contributed by atoms with Gasteiger partial charge in [-0.15, -0.1) is 0 Å². The van der Waals surface area contributed by atoms with Crippen LogP contribution in [-0.2, 0) is 20.9 Å². The van der Waals surface area contributed by atoms with E-state index in [2.05, 4.69) is 9.72 Å². The molecule has 136 valence electrons. The van der Waals surface area contributed by atoms with Crippen molar-refractivity contribution < 1.29 is 19.1 Å². The summed E-state index contributed by atoms with van der Waals surface area (Å²) in [7, 11) is 1.31. The number of rotatable bonds is 5. The summed E-state index contributed by atoms with van der Waals surface area (Å²) in [4.78, 5) is 38.1. The lowest BCUT2D eigenvalue weighted by molar-refractivity contribution is -0.138. The molecule has 0 aliphatic heterocycles. The maximum atomic E-state index is 12.0. The van der Waals surface area contributed by atoms with Gasteiger partial charge in [-0.1, -0.05) is 30.3 Å². The average Bonchev–Trinajstić information content (AvgIpc) is 2.70. The highest BCUT2D eigenvalue weighted by atomic mass is 16.5. The Labute approximate surface area is 155 Å². The fourth-order valence-electron chi connectivity index (χ4n) is 2.51. The first-order chi connectivity index (χ1) is 13.1. The third-order valence-corrected chi connectivity index (χ3v) is 3.94. The van der Waals surface area contributed by atoms with Crippen molar-refractivity contribution in [3.63, 3.8) is 0 Å². The topological polar surface area (TPSA) is 85.5 Å². The Morgan fingerprint density at radius 1 is 1.07 bits per heavy atom. The number of esters is 2. The first kappa shape index (κ1) is 18.1. The van der Waals surface area contributed by atoms with Crippen LogP contribution in [0.3, 0.4) is 0 Å². The zero-order chi connectivity index (χ0) is 19.2. The number of pyridine rings is 1. The number of aromatic nitrogens is 1. The van der Waals surface area contributed by atoms with Crippen LogP contribution in [0.2, 0.25) is 0 Å². The predicted molar refractivity (Wildman–Crippen MR) is 101 cm³/mol. The number of hydrogen-bond donors (Lipinski definition) is 1. The van der Waals surface area contributed by atoms with Crippen molar-refractivity contribution in [3.05, 3.63) is 87.7 Å². The van der Waals surface area contributed by atoms with Crippen LogP contribution in [0.5, 0.6) is 0 Å². The van der Waals surface area contributed by atoms with E-state index in [1.165, 1.54) is 13.2 Å². The third-order valence-electron chi connectivity index (χ3n) is 3.94. The van der Waals surface area contributed by atoms with E-state index in [4.69, 9.17) is 4.74 Å². The Hall–Kier alpha value is -3.67. The Balaban J connectivity index is 1.62. The number of carbonyl (C=O) groups is 2. The number of nitrogens with one attached hydrogen (secondary N) is 1. The molecule has 2 aromatic carbocycles. The van der Waals surface area contributed by atoms with Crippen LogP contribution in [0.4, 0.5) is 0 Å². The zero-order valence-corrected chi connectivity index (χ0v) is 14.6. The van der Waals surface area contributed by atoms with Gasteiger partial charge in [0.05, 0.1) is 18.2 Å². The van der Waals surface area contributed by atoms with Gasteiger partial charge in [-0.05, 0) is 41.3 Å². The number of para-hydroxylation sites is 1. The largest absolute Gasteiger partial charge is 0.465 e. The summed E-state index contributed by atoms with van der Waals surface area (Å²) in [6.07, 6.45) is 2.83. The van der Waals surface area contributed by atoms with E-state index < -0.39 is 11.9 Å². The minimum Gasteiger partial charge on any atom is -0.465 e. The SMILES string of the molecule is COC(=O)c1ccc(C=CC(=O)OCc2cc3ccccc3[nH]c2=O)cc1. The minimum absolute atomic E-state index is 0.120. The summed E-state index contributed by atoms with van der Waals surface area (Å²) in [5, 5.41) is 0.865. The Morgan fingerprint density at radius 3 is 2.56 bits per heavy atom. The van der Waals surface area contributed by atoms with Gasteiger partial charge in [0, 0.05) is 11.6 Å². The molecule has 1 N–H and O–H groups in total. The van der Waals surface area contributed by atoms with Crippen molar-refractivity contribution in [2.24, 2.45) is 0 Å². The Morgan fingerprint density at radius 2 is 1.81 bits per heavy atom. The van der Waals surface area contributed by atoms with Gasteiger partial charge in [-0.25, -0.2) is 9.59 Å². The molecular formula is C21H17NO5. The maximum Gasteiger partial charge on any atom is 0.337 e. The highest BCUT2D eigenvalue weighted by Gasteiger charge is 2.06. The molecule has 0 atom stereocenters. The number of H-pyrrole nitrogens is 1. The standard InChI is InChI=1S/C21H17NO5/c1-26-21(25)15-9-6-14(7-10-15)8-11-19(23)27-13-17-12-16-4-2-3-5-18(16)22-20(17)24/h2-12H,13H2,1H3,(H,22,24). The van der Waals surface area contributed by atoms with Crippen LogP contribution < -0.4 is 5.56 Å². The number of fused-ring (bicyclic) bond motifs is 1. The van der Waals surface area contributed by atoms with E-state index in [-0.39, 0.29) is 12.2 Å². The van der Waals surface area contributed by atoms with Gasteiger partial charge in [0.25, 0.3) is 5.56 Å². The zero-order valence-electron chi connectivity index (χ0n) is 14.6. The lowest BCUT2D eigenvalue weighted by Gasteiger charge is -2.04. The number of benzene rings is 2. The summed E-state index contributed by atoms with van der Waals surface area (Å²) >= 11 is 0. The van der Waals surface area contributed by atoms with E-state index in [0.29, 0.717) is 11.1 Å². The molecule has 0 radical (unpaired) electrons. The van der Waals surface area contributed by atoms with E-state index >= 15 is 0 Å². The molecule has 3 aromatic rings. The predicted octanol–water partition coefficient (Wildman–Crippen LogP) is 3.07. The number of ether oxygens (including phenoxy) is 2. The molecule has 0 unspecified atom stereocenters. The van der Waals surface area contributed by atoms with Crippen molar-refractivity contribution in [1.82, 2.24) is 4.98 Å². The van der Waals surface area contributed by atoms with Gasteiger partial charge in [0.1, 0.15) is 6.61 Å². The van der Waals surface area contributed by atoms with Gasteiger partial charge in [-0.2, -0.15) is 0 Å². The van der Waals surface area contributed by atoms with Crippen LogP contribution in [0.25, 0.3) is 17.0 Å². The molecule has 1 heterocycles. The summed E-state index contributed by atoms with van der Waals surface area (Å²) in [6, 6.07) is 15.7. The van der Waals surface area contributed by atoms with E-state index in [1.54, 1.807) is 42.5 Å². The van der Waals surface area contributed by atoms with Crippen LogP contribution >= 0.6 is 0 Å². The molecule has 0 bridgehead atoms. The lowest BCUT2D eigenvalue weighted by atomic mass is 10.1. The van der Waals surface area contributed by atoms with Gasteiger partial charge < -0.3 is 14.5 Å². The molecule has 0 spiro atoms. The van der Waals surface area contributed by atoms with E-state index in [0.717, 1.165) is 16.5 Å². The highest BCUT2D eigenvalue weighted by molar-refractivity contribution is 5.90. The number of carbonyl (C=O) groups excluding carboxylic acids is 2. The molecular weight excluding hydrogens is 346 g/mol. The lowest BCUT2D eigenvalue weighted by Crippen LogP contribution is -2.14. The highest BCUT2D eigenvalue weighted by Crippen LogP contribution is 2.11. The molecule has 6 nitrogen and oxygen atoms in total. The maximum absolute atomic E-state index is 12.0. The van der Waals surface area contributed by atoms with Crippen molar-refractivity contribution in [2.45, 2.75) is 6.61 Å². The number of methoxy groups -OCH3 is 1. The van der Waals surface area contributed by atoms with Gasteiger partial charge in [0.15, 0.2) is 0 Å². The van der Waals surface area contributed by atoms with Crippen molar-refractivity contribution in [1.29, 1.82) is 0 Å². The smallest absolute Gasteiger partial charge is 0.337 e. The number of aromatic amines is 1. The van der Waals surface area contributed by atoms with E-state index in [9.17, 15) is 14.4 Å². The molecule has 0 aliphatic carbocycles. The van der Waals surface area contributed by atoms with Crippen molar-refractivity contribution in [2.75, 3.05) is 7.11 Å². The first-order valence-corrected chi connectivity index (χ1v) is 8.21. The fraction of sp³-hybridized carbons (Fsp3) is 0.0952. The van der Waals surface area contributed by atoms with Gasteiger partial charge >= 0.3 is 11.9 Å². The minimum atomic E-state index is -0.570. The molecule has 0 aliphatic rings. The second kappa shape index (κ2) is 8.14. The monoisotopic (exact) mass is 363 g/mol. The second-order valence-corrected chi connectivity index (χ2v) is 5.77. The second-order valence-electron chi connectivity index (χ2n) is 5.77. The molecule has 27 heavy (non-hydrogen) atoms. The van der Waals surface area contributed by atoms with Gasteiger partial charge in [-0.3, -0.25) is 4.79 Å². The van der Waals surface area contributed by atoms with Crippen LogP contribution in [-0.4, -0.2) is 24.0 Å². The summed E-state index contributed by atoms with van der Waals surface area (Å²) in [6.45, 7) is -0.120. The third kappa shape index (κ3) is 4.49. The molecule has 6 heteroatoms. The van der Waals surface area contributed by atoms with E-state index in [1.807, 2.05) is 18.2 Å². The molecule has 0 fully saturated rings. The summed E-state index contributed by atoms with van der Waals surface area (Å²) < 4.78 is 9.76. The quantitative estimate of drug-likeness (QED) is 0.556. The Bertz CT molecular complexity index is 1060. The van der Waals surface area contributed by atoms with Crippen molar-refractivity contribution >= 4 is 28.9 Å². The summed E-state index contributed by atoms with van der Waals surface area (Å²) in [5.41, 5.74) is 1.96. The molecule has 0 amide bonds. The van der Waals surface area contributed by atoms with Crippen LogP contribution in [0, 0.1) is 0 Å². The molecule has 0 saturated carbocycles. The van der Waals surface area contributed by atoms with Crippen LogP contribution in [0.1, 0.15) is 21.5 Å². The molecule has 0 saturated heterocycles. The molecule has 1 aromatic heterocycles.